The minimum absolute atomic E-state index is 0.0447. The summed E-state index contributed by atoms with van der Waals surface area (Å²) in [4.78, 5) is 0. The molecule has 0 heterocycles. The molecule has 0 aliphatic carbocycles. The molecule has 0 aliphatic heterocycles. The lowest BCUT2D eigenvalue weighted by Gasteiger charge is -2.14. The Kier molecular flexibility index (Phi) is 6.81. The SMILES string of the molecule is CC(CCc1ccc(O)cc1)NCCOCC(F)(F)F. The maximum Gasteiger partial charge on any atom is 0.411 e. The molecular formula is C14H20F3NO2. The Bertz CT molecular complexity index is 379. The van der Waals surface area contributed by atoms with Gasteiger partial charge in [0.2, 0.25) is 0 Å². The predicted molar refractivity (Wildman–Crippen MR) is 70.8 cm³/mol. The van der Waals surface area contributed by atoms with E-state index in [1.807, 2.05) is 19.1 Å². The van der Waals surface area contributed by atoms with E-state index < -0.39 is 12.8 Å². The average Bonchev–Trinajstić information content (AvgIpc) is 2.36. The highest BCUT2D eigenvalue weighted by Crippen LogP contribution is 2.14. The van der Waals surface area contributed by atoms with Gasteiger partial charge in [0.05, 0.1) is 6.61 Å². The molecule has 3 nitrogen and oxygen atoms in total. The number of halogens is 3. The number of rotatable bonds is 8. The summed E-state index contributed by atoms with van der Waals surface area (Å²) in [7, 11) is 0. The van der Waals surface area contributed by atoms with Crippen LogP contribution >= 0.6 is 0 Å². The molecule has 0 radical (unpaired) electrons. The first kappa shape index (κ1) is 16.8. The van der Waals surface area contributed by atoms with Crippen LogP contribution in [0.25, 0.3) is 0 Å². The summed E-state index contributed by atoms with van der Waals surface area (Å²) >= 11 is 0. The third-order valence-electron chi connectivity index (χ3n) is 2.81. The van der Waals surface area contributed by atoms with Gasteiger partial charge in [0.25, 0.3) is 0 Å². The fourth-order valence-electron chi connectivity index (χ4n) is 1.71. The summed E-state index contributed by atoms with van der Waals surface area (Å²) in [5.74, 6) is 0.238. The first-order valence-corrected chi connectivity index (χ1v) is 6.52. The number of alkyl halides is 3. The number of benzene rings is 1. The van der Waals surface area contributed by atoms with Crippen molar-refractivity contribution in [3.63, 3.8) is 0 Å². The largest absolute Gasteiger partial charge is 0.508 e. The van der Waals surface area contributed by atoms with Crippen LogP contribution in [-0.2, 0) is 11.2 Å². The average molecular weight is 291 g/mol. The van der Waals surface area contributed by atoms with Crippen LogP contribution in [0.5, 0.6) is 5.75 Å². The van der Waals surface area contributed by atoms with E-state index >= 15 is 0 Å². The molecule has 1 aromatic rings. The van der Waals surface area contributed by atoms with Crippen LogP contribution in [0.2, 0.25) is 0 Å². The number of aryl methyl sites for hydroxylation is 1. The second-order valence-electron chi connectivity index (χ2n) is 4.73. The van der Waals surface area contributed by atoms with E-state index in [2.05, 4.69) is 10.1 Å². The standard InChI is InChI=1S/C14H20F3NO2/c1-11(18-8-9-20-10-14(15,16)17)2-3-12-4-6-13(19)7-5-12/h4-7,11,18-19H,2-3,8-10H2,1H3. The molecule has 1 aromatic carbocycles. The summed E-state index contributed by atoms with van der Waals surface area (Å²) in [6, 6.07) is 7.18. The molecule has 114 valence electrons. The van der Waals surface area contributed by atoms with E-state index in [1.54, 1.807) is 12.1 Å². The highest BCUT2D eigenvalue weighted by molar-refractivity contribution is 5.25. The van der Waals surface area contributed by atoms with Gasteiger partial charge in [-0.1, -0.05) is 12.1 Å². The Morgan fingerprint density at radius 1 is 1.25 bits per heavy atom. The first-order valence-electron chi connectivity index (χ1n) is 6.52. The molecule has 0 amide bonds. The third kappa shape index (κ3) is 8.01. The van der Waals surface area contributed by atoms with Gasteiger partial charge in [-0.2, -0.15) is 13.2 Å². The molecule has 0 saturated carbocycles. The quantitative estimate of drug-likeness (QED) is 0.724. The van der Waals surface area contributed by atoms with Crippen LogP contribution in [0.15, 0.2) is 24.3 Å². The molecular weight excluding hydrogens is 271 g/mol. The van der Waals surface area contributed by atoms with Crippen LogP contribution in [-0.4, -0.2) is 37.1 Å². The number of phenolic OH excluding ortho intramolecular Hbond substituents is 1. The molecule has 1 unspecified atom stereocenters. The smallest absolute Gasteiger partial charge is 0.411 e. The molecule has 2 N–H and O–H groups in total. The lowest BCUT2D eigenvalue weighted by Crippen LogP contribution is -2.31. The zero-order chi connectivity index (χ0) is 15.0. The lowest BCUT2D eigenvalue weighted by atomic mass is 10.1. The highest BCUT2D eigenvalue weighted by atomic mass is 19.4. The maximum absolute atomic E-state index is 11.8. The van der Waals surface area contributed by atoms with Crippen LogP contribution in [0.4, 0.5) is 13.2 Å². The number of ether oxygens (including phenoxy) is 1. The van der Waals surface area contributed by atoms with Gasteiger partial charge in [0.15, 0.2) is 0 Å². The van der Waals surface area contributed by atoms with Gasteiger partial charge >= 0.3 is 6.18 Å². The predicted octanol–water partition coefficient (Wildman–Crippen LogP) is 2.88. The Balaban J connectivity index is 2.08. The molecule has 0 bridgehead atoms. The zero-order valence-electron chi connectivity index (χ0n) is 11.4. The monoisotopic (exact) mass is 291 g/mol. The summed E-state index contributed by atoms with van der Waals surface area (Å²) in [6.07, 6.45) is -2.55. The minimum atomic E-state index is -4.26. The van der Waals surface area contributed by atoms with E-state index in [0.29, 0.717) is 6.54 Å². The van der Waals surface area contributed by atoms with Crippen molar-refractivity contribution in [2.45, 2.75) is 32.0 Å². The van der Waals surface area contributed by atoms with E-state index in [-0.39, 0.29) is 18.4 Å². The Labute approximate surface area is 116 Å². The van der Waals surface area contributed by atoms with Crippen molar-refractivity contribution >= 4 is 0 Å². The molecule has 6 heteroatoms. The van der Waals surface area contributed by atoms with Gasteiger partial charge in [-0.05, 0) is 37.5 Å². The second kappa shape index (κ2) is 8.11. The number of phenols is 1. The molecule has 0 fully saturated rings. The number of hydrogen-bond acceptors (Lipinski definition) is 3. The van der Waals surface area contributed by atoms with Crippen LogP contribution in [0.1, 0.15) is 18.9 Å². The van der Waals surface area contributed by atoms with E-state index in [4.69, 9.17) is 5.11 Å². The van der Waals surface area contributed by atoms with E-state index in [9.17, 15) is 13.2 Å². The third-order valence-corrected chi connectivity index (χ3v) is 2.81. The molecule has 0 spiro atoms. The van der Waals surface area contributed by atoms with Crippen molar-refractivity contribution in [3.8, 4) is 5.75 Å². The molecule has 20 heavy (non-hydrogen) atoms. The van der Waals surface area contributed by atoms with Gasteiger partial charge in [-0.25, -0.2) is 0 Å². The summed E-state index contributed by atoms with van der Waals surface area (Å²) < 4.78 is 40.0. The fourth-order valence-corrected chi connectivity index (χ4v) is 1.71. The minimum Gasteiger partial charge on any atom is -0.508 e. The van der Waals surface area contributed by atoms with E-state index in [1.165, 1.54) is 0 Å². The topological polar surface area (TPSA) is 41.5 Å². The van der Waals surface area contributed by atoms with Crippen molar-refractivity contribution < 1.29 is 23.0 Å². The van der Waals surface area contributed by atoms with Gasteiger partial charge < -0.3 is 15.2 Å². The molecule has 0 aromatic heterocycles. The van der Waals surface area contributed by atoms with Gasteiger partial charge in [-0.3, -0.25) is 0 Å². The molecule has 1 atom stereocenters. The van der Waals surface area contributed by atoms with Gasteiger partial charge in [0, 0.05) is 12.6 Å². The van der Waals surface area contributed by atoms with Crippen molar-refractivity contribution in [3.05, 3.63) is 29.8 Å². The van der Waals surface area contributed by atoms with Crippen molar-refractivity contribution in [1.82, 2.24) is 5.32 Å². The fraction of sp³-hybridized carbons (Fsp3) is 0.571. The normalized spacial score (nSPS) is 13.4. The number of nitrogens with one attached hydrogen (secondary N) is 1. The van der Waals surface area contributed by atoms with E-state index in [0.717, 1.165) is 18.4 Å². The Morgan fingerprint density at radius 3 is 2.50 bits per heavy atom. The first-order chi connectivity index (χ1) is 9.37. The molecule has 0 aliphatic rings. The number of aromatic hydroxyl groups is 1. The summed E-state index contributed by atoms with van der Waals surface area (Å²) in [5.41, 5.74) is 1.12. The van der Waals surface area contributed by atoms with Crippen LogP contribution in [0, 0.1) is 0 Å². The second-order valence-corrected chi connectivity index (χ2v) is 4.73. The lowest BCUT2D eigenvalue weighted by molar-refractivity contribution is -0.173. The molecule has 0 saturated heterocycles. The van der Waals surface area contributed by atoms with Crippen LogP contribution in [0.3, 0.4) is 0 Å². The summed E-state index contributed by atoms with van der Waals surface area (Å²) in [6.45, 7) is 1.22. The van der Waals surface area contributed by atoms with Crippen LogP contribution < -0.4 is 5.32 Å². The highest BCUT2D eigenvalue weighted by Gasteiger charge is 2.27. The van der Waals surface area contributed by atoms with Gasteiger partial charge in [0.1, 0.15) is 12.4 Å². The Hall–Kier alpha value is -1.27. The Morgan fingerprint density at radius 2 is 1.90 bits per heavy atom. The van der Waals surface area contributed by atoms with Crippen molar-refractivity contribution in [2.75, 3.05) is 19.8 Å². The molecule has 1 rings (SSSR count). The van der Waals surface area contributed by atoms with Gasteiger partial charge in [-0.15, -0.1) is 0 Å². The maximum atomic E-state index is 11.8. The summed E-state index contributed by atoms with van der Waals surface area (Å²) in [5, 5.41) is 12.3. The zero-order valence-corrected chi connectivity index (χ0v) is 11.4. The van der Waals surface area contributed by atoms with Crippen molar-refractivity contribution in [2.24, 2.45) is 0 Å². The van der Waals surface area contributed by atoms with Crippen molar-refractivity contribution in [1.29, 1.82) is 0 Å². The number of hydrogen-bond donors (Lipinski definition) is 2.